The summed E-state index contributed by atoms with van der Waals surface area (Å²) in [4.78, 5) is 19.8. The van der Waals surface area contributed by atoms with E-state index in [0.29, 0.717) is 13.0 Å². The predicted octanol–water partition coefficient (Wildman–Crippen LogP) is -0.797. The highest BCUT2D eigenvalue weighted by Crippen LogP contribution is 1.96. The molecule has 0 bridgehead atoms. The molecule has 0 fully saturated rings. The minimum atomic E-state index is -0.933. The van der Waals surface area contributed by atoms with E-state index in [9.17, 15) is 9.59 Å². The van der Waals surface area contributed by atoms with Crippen LogP contribution < -0.4 is 17.2 Å². The Morgan fingerprint density at radius 3 is 1.94 bits per heavy atom. The van der Waals surface area contributed by atoms with Gasteiger partial charge < -0.3 is 27.4 Å². The first-order valence-corrected chi connectivity index (χ1v) is 5.66. The summed E-state index contributed by atoms with van der Waals surface area (Å²) in [5.74, 6) is -1.85. The van der Waals surface area contributed by atoms with E-state index in [2.05, 4.69) is 12.6 Å². The van der Waals surface area contributed by atoms with Crippen molar-refractivity contribution in [1.82, 2.24) is 0 Å². The summed E-state index contributed by atoms with van der Waals surface area (Å²) >= 11 is 3.63. The summed E-state index contributed by atoms with van der Waals surface area (Å²) in [5, 5.41) is 15.7. The molecule has 0 spiro atoms. The Labute approximate surface area is 106 Å². The molecule has 102 valence electrons. The van der Waals surface area contributed by atoms with Crippen LogP contribution in [0.4, 0.5) is 0 Å². The quantitative estimate of drug-likeness (QED) is 0.200. The van der Waals surface area contributed by atoms with Crippen molar-refractivity contribution in [2.45, 2.75) is 37.1 Å². The maximum atomic E-state index is 10.1. The van der Waals surface area contributed by atoms with Crippen molar-refractivity contribution in [3.8, 4) is 0 Å². The molecule has 7 nitrogen and oxygen atoms in total. The van der Waals surface area contributed by atoms with Crippen LogP contribution >= 0.6 is 12.6 Å². The van der Waals surface area contributed by atoms with Crippen molar-refractivity contribution in [3.63, 3.8) is 0 Å². The van der Waals surface area contributed by atoms with Gasteiger partial charge >= 0.3 is 11.9 Å². The van der Waals surface area contributed by atoms with Crippen LogP contribution in [0, 0.1) is 0 Å². The summed E-state index contributed by atoms with van der Waals surface area (Å²) in [5.41, 5.74) is 15.4. The van der Waals surface area contributed by atoms with Crippen LogP contribution in [0.1, 0.15) is 25.7 Å². The van der Waals surface area contributed by atoms with Gasteiger partial charge in [-0.25, -0.2) is 0 Å². The Morgan fingerprint density at radius 1 is 1.18 bits per heavy atom. The summed E-state index contributed by atoms with van der Waals surface area (Å²) in [6.45, 7) is 0.604. The molecule has 0 aromatic carbocycles. The van der Waals surface area contributed by atoms with E-state index in [1.165, 1.54) is 0 Å². The summed E-state index contributed by atoms with van der Waals surface area (Å²) < 4.78 is 0. The van der Waals surface area contributed by atoms with Crippen molar-refractivity contribution in [3.05, 3.63) is 0 Å². The highest BCUT2D eigenvalue weighted by molar-refractivity contribution is 7.80. The van der Waals surface area contributed by atoms with Crippen LogP contribution in [-0.4, -0.2) is 40.1 Å². The van der Waals surface area contributed by atoms with Crippen molar-refractivity contribution in [2.24, 2.45) is 17.2 Å². The van der Waals surface area contributed by atoms with Gasteiger partial charge in [-0.3, -0.25) is 9.59 Å². The molecule has 8 heteroatoms. The number of unbranched alkanes of at least 4 members (excludes halogenated alkanes) is 1. The van der Waals surface area contributed by atoms with Crippen molar-refractivity contribution in [2.75, 3.05) is 6.54 Å². The van der Waals surface area contributed by atoms with Gasteiger partial charge in [-0.2, -0.15) is 12.6 Å². The second kappa shape index (κ2) is 11.6. The third-order valence-corrected chi connectivity index (χ3v) is 1.85. The van der Waals surface area contributed by atoms with E-state index in [0.717, 1.165) is 12.8 Å². The molecule has 0 aliphatic heterocycles. The molecular weight excluding hydrogens is 246 g/mol. The van der Waals surface area contributed by atoms with Crippen LogP contribution in [0.25, 0.3) is 0 Å². The highest BCUT2D eigenvalue weighted by Gasteiger charge is 2.09. The molecule has 17 heavy (non-hydrogen) atoms. The number of carboxylic acids is 2. The molecule has 2 atom stereocenters. The van der Waals surface area contributed by atoms with Gasteiger partial charge in [0.25, 0.3) is 0 Å². The zero-order chi connectivity index (χ0) is 13.8. The van der Waals surface area contributed by atoms with Crippen LogP contribution in [-0.2, 0) is 9.59 Å². The van der Waals surface area contributed by atoms with Gasteiger partial charge in [0.15, 0.2) is 0 Å². The molecule has 0 radical (unpaired) electrons. The first kappa shape index (κ1) is 18.5. The molecule has 0 amide bonds. The molecule has 0 heterocycles. The third kappa shape index (κ3) is 17.8. The number of rotatable bonds is 7. The fourth-order valence-electron chi connectivity index (χ4n) is 0.811. The van der Waals surface area contributed by atoms with Crippen LogP contribution in [0.15, 0.2) is 0 Å². The van der Waals surface area contributed by atoms with E-state index in [4.69, 9.17) is 27.4 Å². The molecule has 0 aliphatic rings. The van der Waals surface area contributed by atoms with E-state index in [1.54, 1.807) is 0 Å². The second-order valence-corrected chi connectivity index (χ2v) is 4.06. The van der Waals surface area contributed by atoms with Gasteiger partial charge in [0.05, 0.1) is 11.8 Å². The van der Waals surface area contributed by atoms with Gasteiger partial charge in [0.2, 0.25) is 0 Å². The summed E-state index contributed by atoms with van der Waals surface area (Å²) in [6.07, 6.45) is 2.08. The molecule has 0 saturated heterocycles. The lowest BCUT2D eigenvalue weighted by atomic mass is 10.1. The van der Waals surface area contributed by atoms with E-state index in [1.807, 2.05) is 0 Å². The number of thiol groups is 1. The largest absolute Gasteiger partial charge is 0.481 e. The van der Waals surface area contributed by atoms with Crippen molar-refractivity contribution < 1.29 is 19.8 Å². The maximum absolute atomic E-state index is 10.1. The first-order valence-electron chi connectivity index (χ1n) is 5.15. The average molecular weight is 267 g/mol. The number of hydrogen-bond donors (Lipinski definition) is 6. The fraction of sp³-hybridized carbons (Fsp3) is 0.778. The molecule has 0 aliphatic carbocycles. The molecule has 0 rings (SSSR count). The van der Waals surface area contributed by atoms with Gasteiger partial charge in [-0.05, 0) is 19.4 Å². The Bertz CT molecular complexity index is 226. The average Bonchev–Trinajstić information content (AvgIpc) is 2.16. The maximum Gasteiger partial charge on any atom is 0.320 e. The monoisotopic (exact) mass is 267 g/mol. The Morgan fingerprint density at radius 2 is 1.71 bits per heavy atom. The lowest BCUT2D eigenvalue weighted by Gasteiger charge is -2.03. The lowest BCUT2D eigenvalue weighted by Crippen LogP contribution is -2.29. The zero-order valence-electron chi connectivity index (χ0n) is 9.58. The first-order chi connectivity index (χ1) is 7.81. The fourth-order valence-corrected chi connectivity index (χ4v) is 0.967. The lowest BCUT2D eigenvalue weighted by molar-refractivity contribution is -0.139. The third-order valence-electron chi connectivity index (χ3n) is 1.67. The normalized spacial score (nSPS) is 13.2. The molecule has 8 N–H and O–H groups in total. The van der Waals surface area contributed by atoms with Gasteiger partial charge in [-0.15, -0.1) is 0 Å². The van der Waals surface area contributed by atoms with Gasteiger partial charge in [0, 0.05) is 0 Å². The number of hydrogen-bond acceptors (Lipinski definition) is 6. The molecule has 0 aromatic heterocycles. The highest BCUT2D eigenvalue weighted by atomic mass is 32.1. The Balaban J connectivity index is 0. The standard InChI is InChI=1S/C6H14N2O2.C3H7NO2S/c7-4-2-1-3-5(8)6(9)10;4-2(7)1-3(5)6/h5H,1-4,7-8H2,(H,9,10);2,7H,1,4H2,(H,5,6)/t5-;2-/m01/s1. The van der Waals surface area contributed by atoms with Crippen LogP contribution in [0.2, 0.25) is 0 Å². The van der Waals surface area contributed by atoms with Crippen LogP contribution in [0.5, 0.6) is 0 Å². The second-order valence-electron chi connectivity index (χ2n) is 3.39. The van der Waals surface area contributed by atoms with E-state index >= 15 is 0 Å². The molecular formula is C9H21N3O4S. The van der Waals surface area contributed by atoms with E-state index < -0.39 is 23.4 Å². The minimum Gasteiger partial charge on any atom is -0.481 e. The SMILES string of the molecule is NCCCC[C@H](N)C(=O)O.N[C@H](S)CC(=O)O. The van der Waals surface area contributed by atoms with Gasteiger partial charge in [0.1, 0.15) is 6.04 Å². The minimum absolute atomic E-state index is 0.0802. The van der Waals surface area contributed by atoms with Gasteiger partial charge in [-0.1, -0.05) is 6.42 Å². The summed E-state index contributed by atoms with van der Waals surface area (Å²) in [6, 6.07) is -0.716. The predicted molar refractivity (Wildman–Crippen MR) is 67.7 cm³/mol. The van der Waals surface area contributed by atoms with E-state index in [-0.39, 0.29) is 6.42 Å². The number of carboxylic acid groups (broad SMARTS) is 2. The number of aliphatic carboxylic acids is 2. The smallest absolute Gasteiger partial charge is 0.320 e. The number of carbonyl (C=O) groups is 2. The number of nitrogens with two attached hydrogens (primary N) is 3. The molecule has 0 aromatic rings. The Kier molecular flexibility index (Phi) is 12.7. The topological polar surface area (TPSA) is 153 Å². The molecule has 0 unspecified atom stereocenters. The Hall–Kier alpha value is -0.830. The van der Waals surface area contributed by atoms with Crippen molar-refractivity contribution in [1.29, 1.82) is 0 Å². The van der Waals surface area contributed by atoms with Crippen LogP contribution in [0.3, 0.4) is 0 Å². The van der Waals surface area contributed by atoms with Crippen molar-refractivity contribution >= 4 is 24.6 Å². The zero-order valence-corrected chi connectivity index (χ0v) is 10.5. The summed E-state index contributed by atoms with van der Waals surface area (Å²) in [7, 11) is 0. The molecule has 0 saturated carbocycles.